The SMILES string of the molecule is COc1ccc([C@H](N)[C@H](O)C(C)C)cc1F.Cl. The van der Waals surface area contributed by atoms with Crippen molar-refractivity contribution in [3.05, 3.63) is 29.6 Å². The van der Waals surface area contributed by atoms with Gasteiger partial charge < -0.3 is 15.6 Å². The molecule has 0 saturated carbocycles. The summed E-state index contributed by atoms with van der Waals surface area (Å²) in [4.78, 5) is 0. The Balaban J connectivity index is 0.00000256. The van der Waals surface area contributed by atoms with E-state index in [0.717, 1.165) is 0 Å². The second-order valence-electron chi connectivity index (χ2n) is 4.15. The third-order valence-electron chi connectivity index (χ3n) is 2.61. The molecule has 3 N–H and O–H groups in total. The molecular weight excluding hydrogens is 245 g/mol. The van der Waals surface area contributed by atoms with Crippen molar-refractivity contribution in [2.45, 2.75) is 26.0 Å². The number of hydrogen-bond donors (Lipinski definition) is 2. The van der Waals surface area contributed by atoms with E-state index in [1.807, 2.05) is 13.8 Å². The largest absolute Gasteiger partial charge is 0.494 e. The number of hydrogen-bond acceptors (Lipinski definition) is 3. The van der Waals surface area contributed by atoms with Crippen LogP contribution in [0.2, 0.25) is 0 Å². The van der Waals surface area contributed by atoms with Crippen molar-refractivity contribution < 1.29 is 14.2 Å². The van der Waals surface area contributed by atoms with E-state index >= 15 is 0 Å². The Morgan fingerprint density at radius 3 is 2.35 bits per heavy atom. The molecule has 0 aliphatic rings. The Bertz CT molecular complexity index is 360. The van der Waals surface area contributed by atoms with E-state index in [1.54, 1.807) is 6.07 Å². The molecule has 17 heavy (non-hydrogen) atoms. The first-order valence-corrected chi connectivity index (χ1v) is 5.24. The highest BCUT2D eigenvalue weighted by Gasteiger charge is 2.21. The fourth-order valence-corrected chi connectivity index (χ4v) is 1.50. The second kappa shape index (κ2) is 6.79. The Morgan fingerprint density at radius 2 is 1.94 bits per heavy atom. The van der Waals surface area contributed by atoms with Crippen LogP contribution in [0.15, 0.2) is 18.2 Å². The van der Waals surface area contributed by atoms with E-state index in [4.69, 9.17) is 10.5 Å². The van der Waals surface area contributed by atoms with E-state index in [2.05, 4.69) is 0 Å². The third-order valence-corrected chi connectivity index (χ3v) is 2.61. The predicted molar refractivity (Wildman–Crippen MR) is 68.0 cm³/mol. The number of halogens is 2. The Hall–Kier alpha value is -0.840. The summed E-state index contributed by atoms with van der Waals surface area (Å²) in [5.74, 6) is -0.262. The number of aliphatic hydroxyl groups excluding tert-OH is 1. The number of nitrogens with two attached hydrogens (primary N) is 1. The minimum atomic E-state index is -0.687. The first kappa shape index (κ1) is 16.2. The maximum atomic E-state index is 13.4. The summed E-state index contributed by atoms with van der Waals surface area (Å²) in [6.07, 6.45) is -0.687. The number of ether oxygens (including phenoxy) is 1. The molecule has 5 heteroatoms. The van der Waals surface area contributed by atoms with Gasteiger partial charge in [-0.15, -0.1) is 12.4 Å². The van der Waals surface area contributed by atoms with Crippen LogP contribution in [0.5, 0.6) is 5.75 Å². The molecule has 98 valence electrons. The van der Waals surface area contributed by atoms with Gasteiger partial charge in [-0.25, -0.2) is 4.39 Å². The molecule has 3 nitrogen and oxygen atoms in total. The van der Waals surface area contributed by atoms with Crippen molar-refractivity contribution in [2.24, 2.45) is 11.7 Å². The molecule has 1 rings (SSSR count). The topological polar surface area (TPSA) is 55.5 Å². The summed E-state index contributed by atoms with van der Waals surface area (Å²) in [7, 11) is 1.40. The highest BCUT2D eigenvalue weighted by atomic mass is 35.5. The van der Waals surface area contributed by atoms with Crippen molar-refractivity contribution in [3.63, 3.8) is 0 Å². The van der Waals surface area contributed by atoms with E-state index in [0.29, 0.717) is 5.56 Å². The highest BCUT2D eigenvalue weighted by Crippen LogP contribution is 2.24. The van der Waals surface area contributed by atoms with Crippen molar-refractivity contribution in [1.29, 1.82) is 0 Å². The van der Waals surface area contributed by atoms with Crippen LogP contribution in [0.3, 0.4) is 0 Å². The molecule has 0 bridgehead atoms. The quantitative estimate of drug-likeness (QED) is 0.876. The number of rotatable bonds is 4. The van der Waals surface area contributed by atoms with Crippen LogP contribution in [-0.2, 0) is 0 Å². The van der Waals surface area contributed by atoms with Crippen molar-refractivity contribution >= 4 is 12.4 Å². The molecule has 2 atom stereocenters. The maximum Gasteiger partial charge on any atom is 0.165 e. The second-order valence-corrected chi connectivity index (χ2v) is 4.15. The predicted octanol–water partition coefficient (Wildman–Crippen LogP) is 2.27. The summed E-state index contributed by atoms with van der Waals surface area (Å²) in [5.41, 5.74) is 6.41. The fraction of sp³-hybridized carbons (Fsp3) is 0.500. The molecule has 0 radical (unpaired) electrons. The molecule has 1 aromatic rings. The summed E-state index contributed by atoms with van der Waals surface area (Å²) in [6.45, 7) is 3.73. The number of aliphatic hydroxyl groups is 1. The van der Waals surface area contributed by atoms with Gasteiger partial charge in [0, 0.05) is 0 Å². The van der Waals surface area contributed by atoms with Gasteiger partial charge in [0.2, 0.25) is 0 Å². The standard InChI is InChI=1S/C12H18FNO2.ClH/c1-7(2)12(15)11(14)8-4-5-10(16-3)9(13)6-8;/h4-7,11-12,15H,14H2,1-3H3;1H/t11-,12+;/m0./s1. The lowest BCUT2D eigenvalue weighted by molar-refractivity contribution is 0.0978. The van der Waals surface area contributed by atoms with E-state index in [1.165, 1.54) is 19.2 Å². The van der Waals surface area contributed by atoms with Crippen LogP contribution >= 0.6 is 12.4 Å². The van der Waals surface area contributed by atoms with Crippen LogP contribution in [0.1, 0.15) is 25.5 Å². The highest BCUT2D eigenvalue weighted by molar-refractivity contribution is 5.85. The summed E-state index contributed by atoms with van der Waals surface area (Å²) in [6, 6.07) is 3.89. The van der Waals surface area contributed by atoms with Crippen LogP contribution in [0.25, 0.3) is 0 Å². The van der Waals surface area contributed by atoms with Crippen molar-refractivity contribution in [1.82, 2.24) is 0 Å². The molecule has 0 unspecified atom stereocenters. The molecule has 0 heterocycles. The lowest BCUT2D eigenvalue weighted by atomic mass is 9.94. The molecule has 0 saturated heterocycles. The number of benzene rings is 1. The van der Waals surface area contributed by atoms with E-state index in [9.17, 15) is 9.50 Å². The van der Waals surface area contributed by atoms with Crippen LogP contribution in [-0.4, -0.2) is 18.3 Å². The van der Waals surface area contributed by atoms with Gasteiger partial charge >= 0.3 is 0 Å². The van der Waals surface area contributed by atoms with Crippen LogP contribution < -0.4 is 10.5 Å². The van der Waals surface area contributed by atoms with Crippen LogP contribution in [0, 0.1) is 11.7 Å². The molecular formula is C12H19ClFNO2. The lowest BCUT2D eigenvalue weighted by Crippen LogP contribution is -2.30. The van der Waals surface area contributed by atoms with Crippen molar-refractivity contribution in [3.8, 4) is 5.75 Å². The van der Waals surface area contributed by atoms with Gasteiger partial charge in [0.15, 0.2) is 11.6 Å². The van der Waals surface area contributed by atoms with Gasteiger partial charge in [-0.3, -0.25) is 0 Å². The summed E-state index contributed by atoms with van der Waals surface area (Å²) < 4.78 is 18.2. The van der Waals surface area contributed by atoms with Gasteiger partial charge in [0.25, 0.3) is 0 Å². The zero-order valence-electron chi connectivity index (χ0n) is 10.2. The van der Waals surface area contributed by atoms with E-state index < -0.39 is 18.0 Å². The smallest absolute Gasteiger partial charge is 0.165 e. The van der Waals surface area contributed by atoms with Gasteiger partial charge in [0.05, 0.1) is 19.3 Å². The average Bonchev–Trinajstić information content (AvgIpc) is 2.26. The lowest BCUT2D eigenvalue weighted by Gasteiger charge is -2.22. The van der Waals surface area contributed by atoms with Crippen LogP contribution in [0.4, 0.5) is 4.39 Å². The monoisotopic (exact) mass is 263 g/mol. The molecule has 0 spiro atoms. The molecule has 0 fully saturated rings. The number of methoxy groups -OCH3 is 1. The van der Waals surface area contributed by atoms with E-state index in [-0.39, 0.29) is 24.1 Å². The van der Waals surface area contributed by atoms with Crippen molar-refractivity contribution in [2.75, 3.05) is 7.11 Å². The first-order valence-electron chi connectivity index (χ1n) is 5.24. The fourth-order valence-electron chi connectivity index (χ4n) is 1.50. The summed E-state index contributed by atoms with van der Waals surface area (Å²) >= 11 is 0. The maximum absolute atomic E-state index is 13.4. The minimum absolute atomic E-state index is 0. The third kappa shape index (κ3) is 3.84. The Morgan fingerprint density at radius 1 is 1.35 bits per heavy atom. The normalized spacial score (nSPS) is 14.1. The molecule has 1 aromatic carbocycles. The zero-order chi connectivity index (χ0) is 12.3. The van der Waals surface area contributed by atoms with Gasteiger partial charge in [0.1, 0.15) is 0 Å². The molecule has 0 aromatic heterocycles. The van der Waals surface area contributed by atoms with Gasteiger partial charge in [-0.2, -0.15) is 0 Å². The molecule has 0 aliphatic carbocycles. The average molecular weight is 264 g/mol. The molecule has 0 aliphatic heterocycles. The molecule has 0 amide bonds. The zero-order valence-corrected chi connectivity index (χ0v) is 11.0. The van der Waals surface area contributed by atoms with Gasteiger partial charge in [-0.1, -0.05) is 19.9 Å². The Kier molecular flexibility index (Phi) is 6.45. The Labute approximate surface area is 107 Å². The first-order chi connectivity index (χ1) is 7.47. The minimum Gasteiger partial charge on any atom is -0.494 e. The summed E-state index contributed by atoms with van der Waals surface area (Å²) in [5, 5.41) is 9.79. The van der Waals surface area contributed by atoms with Gasteiger partial charge in [-0.05, 0) is 23.6 Å².